The minimum absolute atomic E-state index is 0.0322. The number of anilines is 1. The molecule has 0 spiro atoms. The summed E-state index contributed by atoms with van der Waals surface area (Å²) >= 11 is 1.33. The van der Waals surface area contributed by atoms with Gasteiger partial charge in [-0.25, -0.2) is 4.98 Å². The van der Waals surface area contributed by atoms with Crippen LogP contribution in [0, 0.1) is 0 Å². The van der Waals surface area contributed by atoms with Crippen molar-refractivity contribution in [2.45, 2.75) is 6.42 Å². The summed E-state index contributed by atoms with van der Waals surface area (Å²) < 4.78 is 5.20. The zero-order valence-corrected chi connectivity index (χ0v) is 16.3. The maximum absolute atomic E-state index is 12.4. The molecule has 0 saturated heterocycles. The fourth-order valence-corrected chi connectivity index (χ4v) is 3.41. The van der Waals surface area contributed by atoms with Gasteiger partial charge in [-0.15, -0.1) is 0 Å². The molecular weight excluding hydrogens is 374 g/mol. The lowest BCUT2D eigenvalue weighted by Gasteiger charge is -2.09. The predicted molar refractivity (Wildman–Crippen MR) is 110 cm³/mol. The summed E-state index contributed by atoms with van der Waals surface area (Å²) in [7, 11) is 1.54. The molecule has 1 heterocycles. The number of carbonyl (C=O) groups is 2. The second-order valence-corrected chi connectivity index (χ2v) is 6.99. The molecule has 0 atom stereocenters. The molecule has 28 heavy (non-hydrogen) atoms. The number of hydrogen-bond acceptors (Lipinski definition) is 6. The zero-order valence-electron chi connectivity index (χ0n) is 15.5. The van der Waals surface area contributed by atoms with Crippen LogP contribution in [0.2, 0.25) is 0 Å². The third-order valence-corrected chi connectivity index (χ3v) is 4.99. The Hall–Kier alpha value is -3.19. The van der Waals surface area contributed by atoms with E-state index in [-0.39, 0.29) is 11.7 Å². The van der Waals surface area contributed by atoms with Crippen molar-refractivity contribution in [1.82, 2.24) is 10.3 Å². The van der Waals surface area contributed by atoms with Crippen molar-refractivity contribution in [3.63, 3.8) is 0 Å². The maximum Gasteiger partial charge on any atom is 0.255 e. The van der Waals surface area contributed by atoms with E-state index >= 15 is 0 Å². The fraction of sp³-hybridized carbons (Fsp3) is 0.190. The van der Waals surface area contributed by atoms with E-state index in [2.05, 4.69) is 15.6 Å². The quantitative estimate of drug-likeness (QED) is 0.427. The largest absolute Gasteiger partial charge is 0.496 e. The van der Waals surface area contributed by atoms with Gasteiger partial charge in [-0.2, -0.15) is 0 Å². The second-order valence-electron chi connectivity index (χ2n) is 5.96. The Morgan fingerprint density at radius 2 is 1.79 bits per heavy atom. The van der Waals surface area contributed by atoms with Gasteiger partial charge in [0, 0.05) is 18.7 Å². The van der Waals surface area contributed by atoms with Crippen LogP contribution < -0.4 is 15.4 Å². The number of nitrogens with one attached hydrogen (secondary N) is 2. The zero-order chi connectivity index (χ0) is 19.8. The van der Waals surface area contributed by atoms with E-state index in [4.69, 9.17) is 4.74 Å². The average molecular weight is 395 g/mol. The monoisotopic (exact) mass is 395 g/mol. The summed E-state index contributed by atoms with van der Waals surface area (Å²) in [6, 6.07) is 16.3. The Balaban J connectivity index is 1.43. The molecule has 0 aliphatic rings. The van der Waals surface area contributed by atoms with Gasteiger partial charge in [0.2, 0.25) is 5.78 Å². The van der Waals surface area contributed by atoms with Crippen LogP contribution in [0.4, 0.5) is 5.13 Å². The summed E-state index contributed by atoms with van der Waals surface area (Å²) in [6.07, 6.45) is 2.31. The fourth-order valence-electron chi connectivity index (χ4n) is 2.61. The standard InChI is InChI=1S/C21H21N3O3S/c1-27-17-11-6-5-10-16(17)20(26)22-12-7-13-23-21-24-14-18(28-21)19(25)15-8-3-2-4-9-15/h2-6,8-11,14H,7,12-13H2,1H3,(H,22,26)(H,23,24). The highest BCUT2D eigenvalue weighted by Gasteiger charge is 2.13. The molecule has 0 aliphatic heterocycles. The Morgan fingerprint density at radius 3 is 2.57 bits per heavy atom. The van der Waals surface area contributed by atoms with Crippen LogP contribution in [-0.4, -0.2) is 36.9 Å². The van der Waals surface area contributed by atoms with Crippen LogP contribution >= 0.6 is 11.3 Å². The van der Waals surface area contributed by atoms with E-state index in [1.54, 1.807) is 43.6 Å². The molecule has 0 bridgehead atoms. The van der Waals surface area contributed by atoms with E-state index in [1.807, 2.05) is 24.3 Å². The van der Waals surface area contributed by atoms with Gasteiger partial charge >= 0.3 is 0 Å². The lowest BCUT2D eigenvalue weighted by Crippen LogP contribution is -2.26. The second kappa shape index (κ2) is 9.66. The molecule has 0 saturated carbocycles. The van der Waals surface area contributed by atoms with Crippen molar-refractivity contribution in [3.8, 4) is 5.75 Å². The highest BCUT2D eigenvalue weighted by atomic mass is 32.1. The molecule has 0 radical (unpaired) electrons. The van der Waals surface area contributed by atoms with Crippen molar-refractivity contribution < 1.29 is 14.3 Å². The van der Waals surface area contributed by atoms with E-state index in [9.17, 15) is 9.59 Å². The van der Waals surface area contributed by atoms with Crippen LogP contribution in [-0.2, 0) is 0 Å². The van der Waals surface area contributed by atoms with E-state index in [1.165, 1.54) is 11.3 Å². The van der Waals surface area contributed by atoms with Gasteiger partial charge in [0.1, 0.15) is 5.75 Å². The van der Waals surface area contributed by atoms with Crippen molar-refractivity contribution in [1.29, 1.82) is 0 Å². The van der Waals surface area contributed by atoms with Crippen molar-refractivity contribution in [2.75, 3.05) is 25.5 Å². The molecule has 3 aromatic rings. The summed E-state index contributed by atoms with van der Waals surface area (Å²) in [5, 5.41) is 6.75. The maximum atomic E-state index is 12.4. The Morgan fingerprint density at radius 1 is 1.04 bits per heavy atom. The van der Waals surface area contributed by atoms with Crippen LogP contribution in [0.5, 0.6) is 5.75 Å². The van der Waals surface area contributed by atoms with Crippen molar-refractivity contribution in [2.24, 2.45) is 0 Å². The van der Waals surface area contributed by atoms with E-state index < -0.39 is 0 Å². The lowest BCUT2D eigenvalue weighted by atomic mass is 10.1. The first-order valence-corrected chi connectivity index (χ1v) is 9.71. The molecule has 0 fully saturated rings. The molecule has 0 aliphatic carbocycles. The van der Waals surface area contributed by atoms with E-state index in [0.717, 1.165) is 6.42 Å². The number of methoxy groups -OCH3 is 1. The van der Waals surface area contributed by atoms with Crippen LogP contribution in [0.15, 0.2) is 60.8 Å². The number of thiazole rings is 1. The van der Waals surface area contributed by atoms with Crippen LogP contribution in [0.25, 0.3) is 0 Å². The number of hydrogen-bond donors (Lipinski definition) is 2. The number of ketones is 1. The lowest BCUT2D eigenvalue weighted by molar-refractivity contribution is 0.0950. The summed E-state index contributed by atoms with van der Waals surface area (Å²) in [6.45, 7) is 1.16. The number of benzene rings is 2. The first kappa shape index (κ1) is 19.6. The highest BCUT2D eigenvalue weighted by molar-refractivity contribution is 7.17. The topological polar surface area (TPSA) is 80.3 Å². The Labute approximate surface area is 167 Å². The molecule has 3 rings (SSSR count). The number of rotatable bonds is 9. The van der Waals surface area contributed by atoms with Crippen LogP contribution in [0.3, 0.4) is 0 Å². The molecule has 1 amide bonds. The third-order valence-electron chi connectivity index (χ3n) is 4.03. The molecular formula is C21H21N3O3S. The summed E-state index contributed by atoms with van der Waals surface area (Å²) in [4.78, 5) is 29.4. The van der Waals surface area contributed by atoms with Crippen molar-refractivity contribution in [3.05, 3.63) is 76.8 Å². The van der Waals surface area contributed by atoms with Gasteiger partial charge in [-0.1, -0.05) is 53.8 Å². The van der Waals surface area contributed by atoms with Gasteiger partial charge in [0.05, 0.1) is 23.7 Å². The Bertz CT molecular complexity index is 941. The number of nitrogens with zero attached hydrogens (tertiary/aromatic N) is 1. The molecule has 2 aromatic carbocycles. The van der Waals surface area contributed by atoms with E-state index in [0.29, 0.717) is 40.0 Å². The summed E-state index contributed by atoms with van der Waals surface area (Å²) in [5.74, 6) is 0.356. The normalized spacial score (nSPS) is 10.3. The minimum atomic E-state index is -0.164. The SMILES string of the molecule is COc1ccccc1C(=O)NCCCNc1ncc(C(=O)c2ccccc2)s1. The van der Waals surface area contributed by atoms with Gasteiger partial charge in [0.15, 0.2) is 5.13 Å². The first-order chi connectivity index (χ1) is 13.7. The van der Waals surface area contributed by atoms with Crippen LogP contribution in [0.1, 0.15) is 32.0 Å². The predicted octanol–water partition coefficient (Wildman–Crippen LogP) is 3.61. The molecule has 144 valence electrons. The third kappa shape index (κ3) is 4.95. The number of ether oxygens (including phenoxy) is 1. The van der Waals surface area contributed by atoms with Gasteiger partial charge in [0.25, 0.3) is 5.91 Å². The van der Waals surface area contributed by atoms with Gasteiger partial charge in [-0.3, -0.25) is 9.59 Å². The molecule has 0 unspecified atom stereocenters. The average Bonchev–Trinajstić information content (AvgIpc) is 3.22. The number of para-hydroxylation sites is 1. The summed E-state index contributed by atoms with van der Waals surface area (Å²) in [5.41, 5.74) is 1.17. The molecule has 7 heteroatoms. The molecule has 1 aromatic heterocycles. The number of carbonyl (C=O) groups excluding carboxylic acids is 2. The Kier molecular flexibility index (Phi) is 6.75. The highest BCUT2D eigenvalue weighted by Crippen LogP contribution is 2.21. The molecule has 2 N–H and O–H groups in total. The smallest absolute Gasteiger partial charge is 0.255 e. The van der Waals surface area contributed by atoms with Gasteiger partial charge < -0.3 is 15.4 Å². The van der Waals surface area contributed by atoms with Gasteiger partial charge in [-0.05, 0) is 18.6 Å². The molecule has 6 nitrogen and oxygen atoms in total. The number of aromatic nitrogens is 1. The minimum Gasteiger partial charge on any atom is -0.496 e. The first-order valence-electron chi connectivity index (χ1n) is 8.89. The van der Waals surface area contributed by atoms with Crippen molar-refractivity contribution >= 4 is 28.2 Å². The number of amides is 1.